The third kappa shape index (κ3) is 5.06. The number of nitro benzene ring substituents is 1. The zero-order valence-electron chi connectivity index (χ0n) is 10.9. The standard InChI is InChI=1S/C12H15NO6S/c1-2-18-7-8-19-12(14)9-20(17)11-6-4-3-5-10(11)13(15)16/h3-6H,2,7-9H2,1H3. The quantitative estimate of drug-likeness (QED) is 0.310. The van der Waals surface area contributed by atoms with Crippen molar-refractivity contribution in [1.82, 2.24) is 0 Å². The van der Waals surface area contributed by atoms with Crippen LogP contribution in [0.4, 0.5) is 5.69 Å². The summed E-state index contributed by atoms with van der Waals surface area (Å²) in [5.74, 6) is -1.10. The van der Waals surface area contributed by atoms with Crippen LogP contribution < -0.4 is 0 Å². The van der Waals surface area contributed by atoms with Crippen molar-refractivity contribution in [1.29, 1.82) is 0 Å². The molecule has 1 aromatic carbocycles. The molecule has 0 amide bonds. The van der Waals surface area contributed by atoms with Crippen LogP contribution in [0.25, 0.3) is 0 Å². The molecule has 0 spiro atoms. The summed E-state index contributed by atoms with van der Waals surface area (Å²) in [7, 11) is -1.81. The Morgan fingerprint density at radius 1 is 1.35 bits per heavy atom. The first-order valence-electron chi connectivity index (χ1n) is 5.91. The van der Waals surface area contributed by atoms with Crippen molar-refractivity contribution < 1.29 is 23.4 Å². The molecule has 0 aliphatic heterocycles. The molecule has 0 saturated carbocycles. The first kappa shape index (κ1) is 16.3. The minimum atomic E-state index is -1.81. The Bertz CT molecular complexity index is 504. The van der Waals surface area contributed by atoms with E-state index >= 15 is 0 Å². The highest BCUT2D eigenvalue weighted by Gasteiger charge is 2.20. The summed E-state index contributed by atoms with van der Waals surface area (Å²) in [5, 5.41) is 10.8. The first-order chi connectivity index (χ1) is 9.56. The maximum Gasteiger partial charge on any atom is 0.319 e. The Morgan fingerprint density at radius 2 is 2.05 bits per heavy atom. The predicted octanol–water partition coefficient (Wildman–Crippen LogP) is 1.28. The lowest BCUT2D eigenvalue weighted by Gasteiger charge is -2.05. The van der Waals surface area contributed by atoms with Crippen molar-refractivity contribution in [2.75, 3.05) is 25.6 Å². The lowest BCUT2D eigenvalue weighted by Crippen LogP contribution is -2.17. The summed E-state index contributed by atoms with van der Waals surface area (Å²) < 4.78 is 21.7. The molecular formula is C12H15NO6S. The molecule has 20 heavy (non-hydrogen) atoms. The molecule has 0 heterocycles. The van der Waals surface area contributed by atoms with Crippen LogP contribution in [-0.4, -0.2) is 40.7 Å². The maximum absolute atomic E-state index is 11.9. The molecule has 0 fully saturated rings. The smallest absolute Gasteiger partial charge is 0.319 e. The number of rotatable bonds is 8. The number of carbonyl (C=O) groups is 1. The van der Waals surface area contributed by atoms with Crippen LogP contribution >= 0.6 is 0 Å². The van der Waals surface area contributed by atoms with Crippen LogP contribution in [0.1, 0.15) is 6.92 Å². The summed E-state index contributed by atoms with van der Waals surface area (Å²) in [4.78, 5) is 21.6. The molecular weight excluding hydrogens is 286 g/mol. The molecule has 1 aromatic rings. The number of nitro groups is 1. The van der Waals surface area contributed by atoms with E-state index in [0.29, 0.717) is 6.61 Å². The Morgan fingerprint density at radius 3 is 2.70 bits per heavy atom. The van der Waals surface area contributed by atoms with Gasteiger partial charge in [0.25, 0.3) is 5.69 Å². The SMILES string of the molecule is CCOCCOC(=O)CS(=O)c1ccccc1[N+](=O)[O-]. The minimum absolute atomic E-state index is 0.0132. The van der Waals surface area contributed by atoms with Gasteiger partial charge in [0.1, 0.15) is 17.3 Å². The van der Waals surface area contributed by atoms with E-state index in [0.717, 1.165) is 0 Å². The molecule has 110 valence electrons. The lowest BCUT2D eigenvalue weighted by atomic mass is 10.3. The molecule has 0 N–H and O–H groups in total. The number of carbonyl (C=O) groups excluding carboxylic acids is 1. The molecule has 0 bridgehead atoms. The van der Waals surface area contributed by atoms with E-state index < -0.39 is 27.4 Å². The zero-order chi connectivity index (χ0) is 15.0. The minimum Gasteiger partial charge on any atom is -0.463 e. The van der Waals surface area contributed by atoms with Crippen molar-refractivity contribution in [2.24, 2.45) is 0 Å². The molecule has 7 nitrogen and oxygen atoms in total. The third-order valence-corrected chi connectivity index (χ3v) is 3.58. The van der Waals surface area contributed by atoms with Gasteiger partial charge in [0.05, 0.1) is 22.3 Å². The zero-order valence-corrected chi connectivity index (χ0v) is 11.8. The van der Waals surface area contributed by atoms with Gasteiger partial charge in [0.2, 0.25) is 0 Å². The summed E-state index contributed by atoms with van der Waals surface area (Å²) in [6.07, 6.45) is 0. The van der Waals surface area contributed by atoms with Crippen LogP contribution in [-0.2, 0) is 25.1 Å². The normalized spacial score (nSPS) is 11.8. The van der Waals surface area contributed by atoms with Gasteiger partial charge < -0.3 is 9.47 Å². The highest BCUT2D eigenvalue weighted by molar-refractivity contribution is 7.85. The van der Waals surface area contributed by atoms with Crippen LogP contribution in [0.15, 0.2) is 29.2 Å². The summed E-state index contributed by atoms with van der Waals surface area (Å²) in [6.45, 7) is 2.66. The Balaban J connectivity index is 2.58. The fraction of sp³-hybridized carbons (Fsp3) is 0.417. The van der Waals surface area contributed by atoms with Crippen LogP contribution in [0, 0.1) is 10.1 Å². The first-order valence-corrected chi connectivity index (χ1v) is 7.23. The van der Waals surface area contributed by atoms with Crippen LogP contribution in [0.5, 0.6) is 0 Å². The maximum atomic E-state index is 11.9. The molecule has 1 unspecified atom stereocenters. The van der Waals surface area contributed by atoms with E-state index in [2.05, 4.69) is 0 Å². The molecule has 1 rings (SSSR count). The van der Waals surface area contributed by atoms with E-state index in [4.69, 9.17) is 9.47 Å². The Kier molecular flexibility index (Phi) is 6.82. The van der Waals surface area contributed by atoms with Gasteiger partial charge in [-0.05, 0) is 13.0 Å². The van der Waals surface area contributed by atoms with Crippen molar-refractivity contribution in [3.8, 4) is 0 Å². The summed E-state index contributed by atoms with van der Waals surface area (Å²) in [6, 6.07) is 5.61. The molecule has 0 aromatic heterocycles. The number of hydrogen-bond acceptors (Lipinski definition) is 6. The number of hydrogen-bond donors (Lipinski definition) is 0. The number of nitrogens with zero attached hydrogens (tertiary/aromatic N) is 1. The van der Waals surface area contributed by atoms with E-state index in [1.54, 1.807) is 0 Å². The van der Waals surface area contributed by atoms with E-state index in [1.165, 1.54) is 24.3 Å². The summed E-state index contributed by atoms with van der Waals surface area (Å²) >= 11 is 0. The van der Waals surface area contributed by atoms with E-state index in [9.17, 15) is 19.1 Å². The number of ether oxygens (including phenoxy) is 2. The third-order valence-electron chi connectivity index (χ3n) is 2.25. The fourth-order valence-corrected chi connectivity index (χ4v) is 2.44. The van der Waals surface area contributed by atoms with Crippen molar-refractivity contribution in [2.45, 2.75) is 11.8 Å². The average Bonchev–Trinajstić information content (AvgIpc) is 2.43. The highest BCUT2D eigenvalue weighted by atomic mass is 32.2. The molecule has 0 saturated heterocycles. The van der Waals surface area contributed by atoms with E-state index in [-0.39, 0.29) is 23.8 Å². The van der Waals surface area contributed by atoms with Crippen LogP contribution in [0.3, 0.4) is 0 Å². The van der Waals surface area contributed by atoms with Gasteiger partial charge in [-0.15, -0.1) is 0 Å². The number of para-hydroxylation sites is 1. The Labute approximate surface area is 118 Å². The monoisotopic (exact) mass is 301 g/mol. The largest absolute Gasteiger partial charge is 0.463 e. The van der Waals surface area contributed by atoms with E-state index in [1.807, 2.05) is 6.92 Å². The molecule has 1 atom stereocenters. The lowest BCUT2D eigenvalue weighted by molar-refractivity contribution is -0.387. The van der Waals surface area contributed by atoms with Crippen molar-refractivity contribution in [3.63, 3.8) is 0 Å². The fourth-order valence-electron chi connectivity index (χ4n) is 1.39. The van der Waals surface area contributed by atoms with Gasteiger partial charge >= 0.3 is 5.97 Å². The second-order valence-electron chi connectivity index (χ2n) is 3.63. The van der Waals surface area contributed by atoms with Gasteiger partial charge in [-0.3, -0.25) is 19.1 Å². The average molecular weight is 301 g/mol. The highest BCUT2D eigenvalue weighted by Crippen LogP contribution is 2.21. The topological polar surface area (TPSA) is 95.7 Å². The van der Waals surface area contributed by atoms with Gasteiger partial charge in [-0.1, -0.05) is 12.1 Å². The second kappa shape index (κ2) is 8.39. The Hall–Kier alpha value is -1.80. The molecule has 0 radical (unpaired) electrons. The van der Waals surface area contributed by atoms with Gasteiger partial charge in [0.15, 0.2) is 0 Å². The van der Waals surface area contributed by atoms with Crippen molar-refractivity contribution >= 4 is 22.5 Å². The van der Waals surface area contributed by atoms with Gasteiger partial charge in [-0.2, -0.15) is 0 Å². The number of benzene rings is 1. The molecule has 0 aliphatic rings. The summed E-state index contributed by atoms with van der Waals surface area (Å²) in [5.41, 5.74) is -0.270. The van der Waals surface area contributed by atoms with Crippen LogP contribution in [0.2, 0.25) is 0 Å². The molecule has 8 heteroatoms. The predicted molar refractivity (Wildman–Crippen MR) is 71.8 cm³/mol. The van der Waals surface area contributed by atoms with Gasteiger partial charge in [0, 0.05) is 12.7 Å². The number of esters is 1. The van der Waals surface area contributed by atoms with Crippen molar-refractivity contribution in [3.05, 3.63) is 34.4 Å². The van der Waals surface area contributed by atoms with Gasteiger partial charge in [-0.25, -0.2) is 0 Å². The molecule has 0 aliphatic carbocycles. The second-order valence-corrected chi connectivity index (χ2v) is 5.05.